The standard InChI is InChI=1S/C17H25Cl2N3O2.HI/c1-2-20-17(21-8-13-5-6-14(18)7-16(13)19)22-9-15(23)11-24-10-12-3-4-12;/h5-7,12,15,23H,2-4,8-11H2,1H3,(H2,20,21,22);1H. The van der Waals surface area contributed by atoms with E-state index in [-0.39, 0.29) is 24.0 Å². The number of guanidine groups is 1. The van der Waals surface area contributed by atoms with E-state index in [1.807, 2.05) is 13.0 Å². The van der Waals surface area contributed by atoms with Crippen molar-refractivity contribution in [3.05, 3.63) is 33.8 Å². The first kappa shape index (κ1) is 22.8. The second-order valence-electron chi connectivity index (χ2n) is 5.95. The number of hydrogen-bond acceptors (Lipinski definition) is 3. The first-order valence-corrected chi connectivity index (χ1v) is 9.06. The maximum absolute atomic E-state index is 9.95. The molecule has 8 heteroatoms. The zero-order valence-corrected chi connectivity index (χ0v) is 18.1. The molecule has 1 saturated carbocycles. The first-order chi connectivity index (χ1) is 11.6. The third kappa shape index (κ3) is 9.28. The van der Waals surface area contributed by atoms with Gasteiger partial charge in [0.25, 0.3) is 0 Å². The Kier molecular flexibility index (Phi) is 11.1. The fraction of sp³-hybridized carbons (Fsp3) is 0.588. The number of aliphatic hydroxyl groups excluding tert-OH is 1. The number of ether oxygens (including phenoxy) is 1. The van der Waals surface area contributed by atoms with Crippen molar-refractivity contribution in [2.24, 2.45) is 10.9 Å². The van der Waals surface area contributed by atoms with Crippen LogP contribution in [0.3, 0.4) is 0 Å². The summed E-state index contributed by atoms with van der Waals surface area (Å²) in [4.78, 5) is 4.48. The number of aliphatic hydroxyl groups is 1. The van der Waals surface area contributed by atoms with Crippen molar-refractivity contribution in [3.8, 4) is 0 Å². The molecule has 1 aliphatic rings. The van der Waals surface area contributed by atoms with Crippen LogP contribution in [0.2, 0.25) is 10.0 Å². The molecule has 0 bridgehead atoms. The summed E-state index contributed by atoms with van der Waals surface area (Å²) < 4.78 is 5.49. The van der Waals surface area contributed by atoms with Crippen LogP contribution in [-0.4, -0.2) is 43.5 Å². The smallest absolute Gasteiger partial charge is 0.191 e. The van der Waals surface area contributed by atoms with Crippen molar-refractivity contribution in [1.82, 2.24) is 10.6 Å². The number of halogens is 3. The molecule has 1 atom stereocenters. The van der Waals surface area contributed by atoms with E-state index in [4.69, 9.17) is 27.9 Å². The molecule has 5 nitrogen and oxygen atoms in total. The fourth-order valence-electron chi connectivity index (χ4n) is 2.08. The Morgan fingerprint density at radius 3 is 2.76 bits per heavy atom. The lowest BCUT2D eigenvalue weighted by atomic mass is 10.2. The minimum absolute atomic E-state index is 0. The van der Waals surface area contributed by atoms with Crippen LogP contribution in [0.4, 0.5) is 0 Å². The number of benzene rings is 1. The highest BCUT2D eigenvalue weighted by Gasteiger charge is 2.21. The van der Waals surface area contributed by atoms with Crippen LogP contribution in [0.25, 0.3) is 0 Å². The van der Waals surface area contributed by atoms with Crippen LogP contribution in [0.5, 0.6) is 0 Å². The molecule has 0 aromatic heterocycles. The molecular weight excluding hydrogens is 476 g/mol. The van der Waals surface area contributed by atoms with Crippen molar-refractivity contribution >= 4 is 53.1 Å². The number of nitrogens with zero attached hydrogens (tertiary/aromatic N) is 1. The van der Waals surface area contributed by atoms with Gasteiger partial charge in [-0.2, -0.15) is 0 Å². The summed E-state index contributed by atoms with van der Waals surface area (Å²) in [5.74, 6) is 1.33. The van der Waals surface area contributed by atoms with Crippen molar-refractivity contribution in [2.75, 3.05) is 26.3 Å². The molecule has 1 unspecified atom stereocenters. The molecule has 0 aliphatic heterocycles. The Morgan fingerprint density at radius 2 is 2.12 bits per heavy atom. The van der Waals surface area contributed by atoms with Gasteiger partial charge >= 0.3 is 0 Å². The predicted molar refractivity (Wildman–Crippen MR) is 114 cm³/mol. The summed E-state index contributed by atoms with van der Waals surface area (Å²) in [5, 5.41) is 17.4. The van der Waals surface area contributed by atoms with Gasteiger partial charge in [-0.1, -0.05) is 29.3 Å². The fourth-order valence-corrected chi connectivity index (χ4v) is 2.55. The molecule has 1 aliphatic carbocycles. The van der Waals surface area contributed by atoms with Gasteiger partial charge in [-0.15, -0.1) is 24.0 Å². The lowest BCUT2D eigenvalue weighted by Gasteiger charge is -2.15. The zero-order chi connectivity index (χ0) is 17.4. The largest absolute Gasteiger partial charge is 0.389 e. The topological polar surface area (TPSA) is 65.9 Å². The Labute approximate surface area is 176 Å². The minimum Gasteiger partial charge on any atom is -0.389 e. The molecule has 0 radical (unpaired) electrons. The molecule has 3 N–H and O–H groups in total. The molecule has 1 fully saturated rings. The second-order valence-corrected chi connectivity index (χ2v) is 6.79. The molecule has 0 heterocycles. The molecular formula is C17H26Cl2IN3O2. The Bertz CT molecular complexity index is 557. The van der Waals surface area contributed by atoms with E-state index in [2.05, 4.69) is 15.6 Å². The van der Waals surface area contributed by atoms with Crippen LogP contribution in [0.15, 0.2) is 23.2 Å². The van der Waals surface area contributed by atoms with Crippen molar-refractivity contribution in [1.29, 1.82) is 0 Å². The zero-order valence-electron chi connectivity index (χ0n) is 14.3. The quantitative estimate of drug-likeness (QED) is 0.275. The number of aliphatic imine (C=N–C) groups is 1. The maximum atomic E-state index is 9.95. The molecule has 2 rings (SSSR count). The normalized spacial score (nSPS) is 15.4. The summed E-state index contributed by atoms with van der Waals surface area (Å²) in [6.45, 7) is 4.62. The average Bonchev–Trinajstić information content (AvgIpc) is 3.35. The highest BCUT2D eigenvalue weighted by molar-refractivity contribution is 14.0. The van der Waals surface area contributed by atoms with Crippen molar-refractivity contribution in [2.45, 2.75) is 32.4 Å². The van der Waals surface area contributed by atoms with Gasteiger partial charge in [-0.05, 0) is 43.4 Å². The molecule has 0 saturated heterocycles. The molecule has 0 spiro atoms. The lowest BCUT2D eigenvalue weighted by molar-refractivity contribution is 0.0345. The van der Waals surface area contributed by atoms with Crippen LogP contribution >= 0.6 is 47.2 Å². The van der Waals surface area contributed by atoms with Crippen LogP contribution in [0, 0.1) is 5.92 Å². The third-order valence-electron chi connectivity index (χ3n) is 3.63. The first-order valence-electron chi connectivity index (χ1n) is 8.30. The van der Waals surface area contributed by atoms with Crippen molar-refractivity contribution < 1.29 is 9.84 Å². The summed E-state index contributed by atoms with van der Waals surface area (Å²) in [6, 6.07) is 5.35. The van der Waals surface area contributed by atoms with Gasteiger partial charge < -0.3 is 20.5 Å². The molecule has 25 heavy (non-hydrogen) atoms. The lowest BCUT2D eigenvalue weighted by Crippen LogP contribution is -2.42. The predicted octanol–water partition coefficient (Wildman–Crippen LogP) is 3.45. The van der Waals surface area contributed by atoms with Gasteiger partial charge in [0.2, 0.25) is 0 Å². The molecule has 0 amide bonds. The Morgan fingerprint density at radius 1 is 1.36 bits per heavy atom. The number of hydrogen-bond donors (Lipinski definition) is 3. The molecule has 142 valence electrons. The van der Waals surface area contributed by atoms with Crippen LogP contribution < -0.4 is 10.6 Å². The van der Waals surface area contributed by atoms with Gasteiger partial charge in [0.05, 0.1) is 19.3 Å². The molecule has 1 aromatic rings. The minimum atomic E-state index is -0.563. The average molecular weight is 502 g/mol. The van der Waals surface area contributed by atoms with Crippen molar-refractivity contribution in [3.63, 3.8) is 0 Å². The Balaban J connectivity index is 0.00000312. The van der Waals surface area contributed by atoms with Gasteiger partial charge in [-0.25, -0.2) is 4.99 Å². The summed E-state index contributed by atoms with van der Waals surface area (Å²) in [5.41, 5.74) is 0.895. The monoisotopic (exact) mass is 501 g/mol. The molecule has 1 aromatic carbocycles. The number of nitrogens with one attached hydrogen (secondary N) is 2. The van der Waals surface area contributed by atoms with E-state index < -0.39 is 6.10 Å². The van der Waals surface area contributed by atoms with Gasteiger partial charge in [0.15, 0.2) is 5.96 Å². The van der Waals surface area contributed by atoms with Crippen LogP contribution in [-0.2, 0) is 11.3 Å². The van der Waals surface area contributed by atoms with E-state index in [0.717, 1.165) is 18.7 Å². The van der Waals surface area contributed by atoms with E-state index in [1.54, 1.807) is 12.1 Å². The van der Waals surface area contributed by atoms with E-state index in [1.165, 1.54) is 12.8 Å². The second kappa shape index (κ2) is 12.2. The van der Waals surface area contributed by atoms with E-state index >= 15 is 0 Å². The third-order valence-corrected chi connectivity index (χ3v) is 4.22. The van der Waals surface area contributed by atoms with E-state index in [0.29, 0.717) is 41.6 Å². The summed E-state index contributed by atoms with van der Waals surface area (Å²) in [6.07, 6.45) is 1.93. The Hall–Kier alpha value is -0.280. The van der Waals surface area contributed by atoms with Gasteiger partial charge in [-0.3, -0.25) is 0 Å². The SMILES string of the molecule is CCNC(=NCc1ccc(Cl)cc1Cl)NCC(O)COCC1CC1.I. The van der Waals surface area contributed by atoms with E-state index in [9.17, 15) is 5.11 Å². The highest BCUT2D eigenvalue weighted by Crippen LogP contribution is 2.28. The van der Waals surface area contributed by atoms with Crippen LogP contribution in [0.1, 0.15) is 25.3 Å². The van der Waals surface area contributed by atoms with Gasteiger partial charge in [0.1, 0.15) is 0 Å². The summed E-state index contributed by atoms with van der Waals surface area (Å²) in [7, 11) is 0. The highest BCUT2D eigenvalue weighted by atomic mass is 127. The van der Waals surface area contributed by atoms with Gasteiger partial charge in [0, 0.05) is 29.7 Å². The maximum Gasteiger partial charge on any atom is 0.191 e. The summed E-state index contributed by atoms with van der Waals surface area (Å²) >= 11 is 12.0. The number of rotatable bonds is 9.